The van der Waals surface area contributed by atoms with Crippen LogP contribution < -0.4 is 0 Å². The maximum Gasteiger partial charge on any atom is 0.0645 e. The van der Waals surface area contributed by atoms with Crippen LogP contribution in [0, 0.1) is 0 Å². The smallest absolute Gasteiger partial charge is 0.0645 e. The minimum absolute atomic E-state index is 1.06. The van der Waals surface area contributed by atoms with Gasteiger partial charge in [-0.25, -0.2) is 0 Å². The van der Waals surface area contributed by atoms with Gasteiger partial charge in [-0.2, -0.15) is 0 Å². The molecule has 0 fully saturated rings. The summed E-state index contributed by atoms with van der Waals surface area (Å²) in [5.74, 6) is 0. The Labute approximate surface area is 780 Å². The summed E-state index contributed by atoms with van der Waals surface area (Å²) in [6, 6.07) is 168. The number of nitrogens with zero attached hydrogens (tertiary/aromatic N) is 4. The summed E-state index contributed by atoms with van der Waals surface area (Å²) >= 11 is 0. The minimum atomic E-state index is 1.06. The Kier molecular flexibility index (Phi) is 17.3. The lowest BCUT2D eigenvalue weighted by atomic mass is 9.90. The first-order valence-electron chi connectivity index (χ1n) is 46.8. The predicted octanol–water partition coefficient (Wildman–Crippen LogP) is 35.1. The average molecular weight is 1730 g/mol. The summed E-state index contributed by atoms with van der Waals surface area (Å²) < 4.78 is 7.20. The molecule has 0 atom stereocenters. The van der Waals surface area contributed by atoms with Crippen LogP contribution in [0.15, 0.2) is 473 Å². The maximum atomic E-state index is 4.47. The molecule has 7 nitrogen and oxygen atoms in total. The molecule has 0 aliphatic heterocycles. The number of hydrogen-bond acceptors (Lipinski definition) is 1. The highest BCUT2D eigenvalue weighted by atomic mass is 15.0. The van der Waals surface area contributed by atoms with E-state index >= 15 is 0 Å². The molecule has 0 aliphatic carbocycles. The van der Waals surface area contributed by atoms with E-state index < -0.39 is 0 Å². The molecule has 0 saturated heterocycles. The molecule has 0 saturated carbocycles. The normalized spacial score (nSPS) is 12.0. The molecule has 0 spiro atoms. The second-order valence-corrected chi connectivity index (χ2v) is 36.1. The Morgan fingerprint density at radius 2 is 0.456 bits per heavy atom. The van der Waals surface area contributed by atoms with Gasteiger partial charge in [0.25, 0.3) is 0 Å². The molecule has 136 heavy (non-hydrogen) atoms. The number of aromatic amines is 3. The van der Waals surface area contributed by atoms with Crippen LogP contribution in [0.3, 0.4) is 0 Å². The Hall–Kier alpha value is -18.2. The van der Waals surface area contributed by atoms with Crippen molar-refractivity contribution in [2.24, 2.45) is 0 Å². The molecule has 0 bridgehead atoms. The van der Waals surface area contributed by atoms with E-state index in [1.165, 1.54) is 273 Å². The lowest BCUT2D eigenvalue weighted by Gasteiger charge is -2.15. The van der Waals surface area contributed by atoms with E-state index in [4.69, 9.17) is 0 Å². The number of rotatable bonds is 8. The second kappa shape index (κ2) is 30.7. The van der Waals surface area contributed by atoms with Crippen molar-refractivity contribution < 1.29 is 0 Å². The zero-order valence-electron chi connectivity index (χ0n) is 73.8. The summed E-state index contributed by atoms with van der Waals surface area (Å²) in [6.45, 7) is 0. The minimum Gasteiger partial charge on any atom is -0.354 e. The van der Waals surface area contributed by atoms with Gasteiger partial charge in [0.2, 0.25) is 0 Å². The molecule has 0 radical (unpaired) electrons. The van der Waals surface area contributed by atoms with Gasteiger partial charge < -0.3 is 28.7 Å². The monoisotopic (exact) mass is 1730 g/mol. The van der Waals surface area contributed by atoms with Crippen LogP contribution in [-0.2, 0) is 0 Å². The molecule has 0 aliphatic rings. The van der Waals surface area contributed by atoms with Crippen molar-refractivity contribution in [3.05, 3.63) is 473 Å². The van der Waals surface area contributed by atoms with Crippen molar-refractivity contribution in [2.75, 3.05) is 0 Å². The quantitative estimate of drug-likeness (QED) is 0.139. The van der Waals surface area contributed by atoms with Crippen molar-refractivity contribution >= 4 is 206 Å². The Morgan fingerprint density at radius 3 is 0.890 bits per heavy atom. The summed E-state index contributed by atoms with van der Waals surface area (Å²) in [6.07, 6.45) is 3.78. The SMILES string of the molecule is c1ccc(-n2c3ccccc3c3c4ccccc4c(-c4ccc5cc(-c6cc7[nH]c8ccccc8c7c7ccccc67)ccc5c4)cc32)cc1.c1ccc(-n2c3ccccc3c3cc(-c4cc5[nH]c6ccccc6c5c5ccccc45)c4ccccc4c32)cc1.c1cncc(-n2c3ccccc3c3c4ccccc4c(-c4ccc(-c5cc6[nH]c7ccccc7c6c6ccccc56)cc4)cc32)c1. The van der Waals surface area contributed by atoms with Crippen molar-refractivity contribution in [3.63, 3.8) is 0 Å². The highest BCUT2D eigenvalue weighted by Crippen LogP contribution is 2.50. The van der Waals surface area contributed by atoms with Crippen LogP contribution in [0.5, 0.6) is 0 Å². The number of hydrogen-bond donors (Lipinski definition) is 3. The number of aromatic nitrogens is 7. The van der Waals surface area contributed by atoms with Crippen molar-refractivity contribution in [1.82, 2.24) is 33.6 Å². The van der Waals surface area contributed by atoms with Crippen molar-refractivity contribution in [3.8, 4) is 72.7 Å². The first-order chi connectivity index (χ1) is 67.5. The molecule has 3 N–H and O–H groups in total. The first-order valence-corrected chi connectivity index (χ1v) is 46.8. The zero-order valence-corrected chi connectivity index (χ0v) is 73.8. The fraction of sp³-hybridized carbons (Fsp3) is 0. The third-order valence-corrected chi connectivity index (χ3v) is 28.8. The van der Waals surface area contributed by atoms with E-state index in [1.54, 1.807) is 0 Å². The summed E-state index contributed by atoms with van der Waals surface area (Å²) in [5.41, 5.74) is 30.0. The van der Waals surface area contributed by atoms with Crippen molar-refractivity contribution in [1.29, 1.82) is 0 Å². The van der Waals surface area contributed by atoms with Crippen LogP contribution in [0.4, 0.5) is 0 Å². The van der Waals surface area contributed by atoms with Gasteiger partial charge in [-0.1, -0.05) is 340 Å². The third-order valence-electron chi connectivity index (χ3n) is 28.8. The molecule has 7 heteroatoms. The number of H-pyrrole nitrogens is 3. The van der Waals surface area contributed by atoms with Crippen LogP contribution in [0.25, 0.3) is 279 Å². The van der Waals surface area contributed by atoms with Gasteiger partial charge >= 0.3 is 0 Å². The molecule has 30 rings (SSSR count). The maximum absolute atomic E-state index is 4.47. The molecule has 0 amide bonds. The van der Waals surface area contributed by atoms with Gasteiger partial charge in [0.15, 0.2) is 0 Å². The van der Waals surface area contributed by atoms with E-state index in [0.29, 0.717) is 0 Å². The molecule has 23 aromatic carbocycles. The molecular weight excluding hydrogens is 1650 g/mol. The summed E-state index contributed by atoms with van der Waals surface area (Å²) in [4.78, 5) is 15.6. The molecule has 632 valence electrons. The van der Waals surface area contributed by atoms with Crippen LogP contribution >= 0.6 is 0 Å². The second-order valence-electron chi connectivity index (χ2n) is 36.1. The number of pyridine rings is 1. The predicted molar refractivity (Wildman–Crippen MR) is 578 cm³/mol. The van der Waals surface area contributed by atoms with E-state index in [0.717, 1.165) is 5.69 Å². The van der Waals surface area contributed by atoms with Crippen LogP contribution in [0.1, 0.15) is 0 Å². The summed E-state index contributed by atoms with van der Waals surface area (Å²) in [7, 11) is 0. The van der Waals surface area contributed by atoms with Gasteiger partial charge in [0.05, 0.1) is 45.0 Å². The number of para-hydroxylation sites is 8. The number of benzene rings is 23. The Bertz CT molecular complexity index is 10200. The van der Waals surface area contributed by atoms with Gasteiger partial charge in [-0.05, 0) is 247 Å². The molecule has 30 aromatic rings. The van der Waals surface area contributed by atoms with E-state index in [1.807, 2.05) is 18.5 Å². The van der Waals surface area contributed by atoms with E-state index in [2.05, 4.69) is 489 Å². The third kappa shape index (κ3) is 11.9. The van der Waals surface area contributed by atoms with Crippen LogP contribution in [0.2, 0.25) is 0 Å². The van der Waals surface area contributed by atoms with E-state index in [9.17, 15) is 0 Å². The topological polar surface area (TPSA) is 75.0 Å². The van der Waals surface area contributed by atoms with Gasteiger partial charge in [0, 0.05) is 121 Å². The highest BCUT2D eigenvalue weighted by Gasteiger charge is 2.26. The lowest BCUT2D eigenvalue weighted by Crippen LogP contribution is -1.94. The fourth-order valence-electron chi connectivity index (χ4n) is 22.9. The number of nitrogens with one attached hydrogen (secondary N) is 3. The Morgan fingerprint density at radius 1 is 0.162 bits per heavy atom. The van der Waals surface area contributed by atoms with Crippen molar-refractivity contribution in [2.45, 2.75) is 0 Å². The first kappa shape index (κ1) is 76.7. The standard InChI is InChI=1S/C48H30N2.C43H27N3.C38H24N2/c1-2-12-34(13-3-1)50-45-21-11-9-19-40(45)48-38-17-7-5-15-36(38)42(29-46(48)50)33-25-23-30-26-32(24-22-31(30)27-33)41-28-44-47(37-16-6-4-14-35(37)41)39-18-8-10-20-43(39)49-44;1-3-13-32-30(11-1)36(24-39-42(32)34-15-5-7-17-38(34)45-39)27-19-21-28(22-20-27)37-25-41-43(33-14-4-2-12-31(33)37)35-16-6-8-18-40(35)46(41)29-10-9-23-44-26-29;1-2-12-24(13-3-1)40-36-21-11-9-16-27(36)33-22-31(26-15-5-7-18-29(26)38(33)40)32-23-35-37(28-17-6-4-14-25(28)32)30-19-8-10-20-34(30)39-35/h1-29,49H;1-26,45H;1-23,39H. The van der Waals surface area contributed by atoms with Crippen LogP contribution in [-0.4, -0.2) is 33.6 Å². The average Bonchev–Trinajstić information content (AvgIpc) is 1.55. The Balaban J connectivity index is 0.000000102. The van der Waals surface area contributed by atoms with Gasteiger partial charge in [0.1, 0.15) is 0 Å². The zero-order chi connectivity index (χ0) is 89.2. The summed E-state index contributed by atoms with van der Waals surface area (Å²) in [5, 5.41) is 33.0. The molecular formula is C129H81N7. The molecule has 7 aromatic heterocycles. The molecule has 0 unspecified atom stereocenters. The highest BCUT2D eigenvalue weighted by molar-refractivity contribution is 6.31. The van der Waals surface area contributed by atoms with Gasteiger partial charge in [-0.15, -0.1) is 0 Å². The van der Waals surface area contributed by atoms with E-state index in [-0.39, 0.29) is 0 Å². The number of fused-ring (bicyclic) bond motifs is 31. The fourth-order valence-corrected chi connectivity index (χ4v) is 22.9. The largest absolute Gasteiger partial charge is 0.354 e. The van der Waals surface area contributed by atoms with Gasteiger partial charge in [-0.3, -0.25) is 4.98 Å². The molecule has 7 heterocycles. The lowest BCUT2D eigenvalue weighted by molar-refractivity contribution is 1.14.